The molecule has 3 nitrogen and oxygen atoms in total. The predicted octanol–water partition coefficient (Wildman–Crippen LogP) is 1.22. The Morgan fingerprint density at radius 3 is 2.17 bits per heavy atom. The van der Waals surface area contributed by atoms with Crippen LogP contribution in [-0.4, -0.2) is 13.0 Å². The van der Waals surface area contributed by atoms with Crippen LogP contribution >= 0.6 is 0 Å². The highest BCUT2D eigenvalue weighted by atomic mass is 16.1. The van der Waals surface area contributed by atoms with Crippen LogP contribution in [0.3, 0.4) is 0 Å². The zero-order valence-corrected chi connectivity index (χ0v) is 7.37. The second-order valence-corrected chi connectivity index (χ2v) is 2.05. The molecule has 0 unspecified atom stereocenters. The number of nitrogens with one attached hydrogen (secondary N) is 1. The first kappa shape index (κ1) is 10.7. The Hall–Kier alpha value is -1.35. The summed E-state index contributed by atoms with van der Waals surface area (Å²) in [4.78, 5) is 10.5. The minimum atomic E-state index is -0.0359. The number of rotatable bonds is 1. The maximum absolute atomic E-state index is 10.5. The Labute approximate surface area is 72.6 Å². The molecule has 1 rings (SSSR count). The molecule has 1 aromatic rings. The lowest BCUT2D eigenvalue weighted by Gasteiger charge is -1.98. The van der Waals surface area contributed by atoms with Gasteiger partial charge in [-0.1, -0.05) is 18.2 Å². The normalized spacial score (nSPS) is 7.92. The quantitative estimate of drug-likeness (QED) is 0.659. The summed E-state index contributed by atoms with van der Waals surface area (Å²) in [6.45, 7) is 1.49. The van der Waals surface area contributed by atoms with E-state index in [-0.39, 0.29) is 5.91 Å². The molecular weight excluding hydrogens is 152 g/mol. The molecule has 66 valence electrons. The van der Waals surface area contributed by atoms with Gasteiger partial charge in [-0.2, -0.15) is 0 Å². The van der Waals surface area contributed by atoms with Crippen molar-refractivity contribution in [2.75, 3.05) is 12.4 Å². The lowest BCUT2D eigenvalue weighted by atomic mass is 10.3. The Morgan fingerprint density at radius 1 is 1.25 bits per heavy atom. The highest BCUT2D eigenvalue weighted by Crippen LogP contribution is 2.03. The standard InChI is InChI=1S/C8H9NO.CH5N/c1-7(10)9-8-5-3-2-4-6-8;1-2/h2-6H,1H3,(H,9,10);2H2,1H3. The van der Waals surface area contributed by atoms with Gasteiger partial charge in [0.15, 0.2) is 0 Å². The van der Waals surface area contributed by atoms with Gasteiger partial charge in [0.2, 0.25) is 5.91 Å². The molecule has 0 aromatic heterocycles. The van der Waals surface area contributed by atoms with Crippen molar-refractivity contribution in [3.05, 3.63) is 30.3 Å². The number of nitrogens with two attached hydrogens (primary N) is 1. The van der Waals surface area contributed by atoms with Crippen molar-refractivity contribution in [1.82, 2.24) is 0 Å². The van der Waals surface area contributed by atoms with E-state index >= 15 is 0 Å². The fourth-order valence-corrected chi connectivity index (χ4v) is 0.725. The highest BCUT2D eigenvalue weighted by Gasteiger charge is 1.90. The fourth-order valence-electron chi connectivity index (χ4n) is 0.725. The van der Waals surface area contributed by atoms with Gasteiger partial charge in [-0.25, -0.2) is 0 Å². The minimum absolute atomic E-state index is 0.0359. The van der Waals surface area contributed by atoms with Gasteiger partial charge in [0, 0.05) is 12.6 Å². The summed E-state index contributed by atoms with van der Waals surface area (Å²) in [6, 6.07) is 9.37. The molecule has 0 atom stereocenters. The van der Waals surface area contributed by atoms with Gasteiger partial charge in [-0.05, 0) is 19.2 Å². The second-order valence-electron chi connectivity index (χ2n) is 2.05. The van der Waals surface area contributed by atoms with Gasteiger partial charge in [-0.15, -0.1) is 0 Å². The van der Waals surface area contributed by atoms with Crippen LogP contribution in [0, 0.1) is 0 Å². The third-order valence-corrected chi connectivity index (χ3v) is 1.09. The van der Waals surface area contributed by atoms with E-state index in [1.54, 1.807) is 0 Å². The first-order valence-electron chi connectivity index (χ1n) is 3.69. The molecule has 0 spiro atoms. The van der Waals surface area contributed by atoms with Crippen LogP contribution in [0.2, 0.25) is 0 Å². The number of hydrogen-bond acceptors (Lipinski definition) is 2. The summed E-state index contributed by atoms with van der Waals surface area (Å²) in [7, 11) is 1.50. The third-order valence-electron chi connectivity index (χ3n) is 1.09. The van der Waals surface area contributed by atoms with E-state index in [9.17, 15) is 4.79 Å². The summed E-state index contributed by atoms with van der Waals surface area (Å²) in [5.41, 5.74) is 5.34. The van der Waals surface area contributed by atoms with Gasteiger partial charge in [0.1, 0.15) is 0 Å². The van der Waals surface area contributed by atoms with Crippen LogP contribution < -0.4 is 11.1 Å². The molecule has 0 aliphatic carbocycles. The molecule has 3 heteroatoms. The molecule has 1 aromatic carbocycles. The fraction of sp³-hybridized carbons (Fsp3) is 0.222. The van der Waals surface area contributed by atoms with Crippen LogP contribution in [0.1, 0.15) is 6.92 Å². The Bertz CT molecular complexity index is 221. The van der Waals surface area contributed by atoms with Crippen LogP contribution in [-0.2, 0) is 4.79 Å². The summed E-state index contributed by atoms with van der Waals surface area (Å²) >= 11 is 0. The Balaban J connectivity index is 0.000000561. The van der Waals surface area contributed by atoms with E-state index in [2.05, 4.69) is 11.1 Å². The maximum atomic E-state index is 10.5. The molecule has 12 heavy (non-hydrogen) atoms. The smallest absolute Gasteiger partial charge is 0.221 e. The topological polar surface area (TPSA) is 55.1 Å². The number of anilines is 1. The number of amides is 1. The summed E-state index contributed by atoms with van der Waals surface area (Å²) in [6.07, 6.45) is 0. The van der Waals surface area contributed by atoms with Gasteiger partial charge in [0.25, 0.3) is 0 Å². The Morgan fingerprint density at radius 2 is 1.75 bits per heavy atom. The monoisotopic (exact) mass is 166 g/mol. The molecule has 0 aliphatic heterocycles. The van der Waals surface area contributed by atoms with E-state index in [0.29, 0.717) is 0 Å². The third kappa shape index (κ3) is 4.46. The molecule has 0 saturated carbocycles. The summed E-state index contributed by atoms with van der Waals surface area (Å²) < 4.78 is 0. The molecule has 0 fully saturated rings. The van der Waals surface area contributed by atoms with Crippen molar-refractivity contribution < 1.29 is 4.79 Å². The van der Waals surface area contributed by atoms with E-state index in [1.165, 1.54) is 14.0 Å². The average Bonchev–Trinajstić information content (AvgIpc) is 2.08. The van der Waals surface area contributed by atoms with Crippen molar-refractivity contribution in [3.63, 3.8) is 0 Å². The molecule has 0 aliphatic rings. The lowest BCUT2D eigenvalue weighted by molar-refractivity contribution is -0.114. The predicted molar refractivity (Wildman–Crippen MR) is 50.9 cm³/mol. The minimum Gasteiger partial charge on any atom is -0.333 e. The van der Waals surface area contributed by atoms with Crippen LogP contribution in [0.5, 0.6) is 0 Å². The molecule has 3 N–H and O–H groups in total. The number of hydrogen-bond donors (Lipinski definition) is 2. The van der Waals surface area contributed by atoms with Gasteiger partial charge >= 0.3 is 0 Å². The number of benzene rings is 1. The molecule has 1 amide bonds. The van der Waals surface area contributed by atoms with E-state index < -0.39 is 0 Å². The van der Waals surface area contributed by atoms with E-state index in [0.717, 1.165) is 5.69 Å². The van der Waals surface area contributed by atoms with Crippen molar-refractivity contribution >= 4 is 11.6 Å². The van der Waals surface area contributed by atoms with Crippen LogP contribution in [0.4, 0.5) is 5.69 Å². The SMILES string of the molecule is CC(=O)Nc1ccccc1.CN. The number of carbonyl (C=O) groups is 1. The van der Waals surface area contributed by atoms with E-state index in [4.69, 9.17) is 0 Å². The molecular formula is C9H14N2O. The van der Waals surface area contributed by atoms with Crippen LogP contribution in [0.25, 0.3) is 0 Å². The molecule has 0 saturated heterocycles. The van der Waals surface area contributed by atoms with Crippen molar-refractivity contribution in [2.45, 2.75) is 6.92 Å². The molecule has 0 radical (unpaired) electrons. The van der Waals surface area contributed by atoms with Gasteiger partial charge in [0.05, 0.1) is 0 Å². The largest absolute Gasteiger partial charge is 0.333 e. The van der Waals surface area contributed by atoms with Crippen molar-refractivity contribution in [2.24, 2.45) is 5.73 Å². The molecule has 0 heterocycles. The first-order chi connectivity index (χ1) is 5.79. The summed E-state index contributed by atoms with van der Waals surface area (Å²) in [5, 5.41) is 2.67. The van der Waals surface area contributed by atoms with E-state index in [1.807, 2.05) is 30.3 Å². The molecule has 0 bridgehead atoms. The Kier molecular flexibility index (Phi) is 5.65. The van der Waals surface area contributed by atoms with Crippen molar-refractivity contribution in [1.29, 1.82) is 0 Å². The maximum Gasteiger partial charge on any atom is 0.221 e. The lowest BCUT2D eigenvalue weighted by Crippen LogP contribution is -2.04. The van der Waals surface area contributed by atoms with Gasteiger partial charge < -0.3 is 11.1 Å². The second kappa shape index (κ2) is 6.37. The zero-order chi connectivity index (χ0) is 9.40. The first-order valence-corrected chi connectivity index (χ1v) is 3.69. The van der Waals surface area contributed by atoms with Gasteiger partial charge in [-0.3, -0.25) is 4.79 Å². The van der Waals surface area contributed by atoms with Crippen LogP contribution in [0.15, 0.2) is 30.3 Å². The van der Waals surface area contributed by atoms with Crippen molar-refractivity contribution in [3.8, 4) is 0 Å². The number of carbonyl (C=O) groups excluding carboxylic acids is 1. The average molecular weight is 166 g/mol. The summed E-state index contributed by atoms with van der Waals surface area (Å²) in [5.74, 6) is -0.0359. The number of para-hydroxylation sites is 1. The highest BCUT2D eigenvalue weighted by molar-refractivity contribution is 5.88. The zero-order valence-electron chi connectivity index (χ0n) is 7.37.